The van der Waals surface area contributed by atoms with Crippen molar-refractivity contribution in [3.8, 4) is 56.4 Å². The Labute approximate surface area is 295 Å². The Balaban J connectivity index is 1.15. The van der Waals surface area contributed by atoms with Crippen molar-refractivity contribution in [1.82, 2.24) is 15.0 Å². The zero-order valence-corrected chi connectivity index (χ0v) is 27.8. The van der Waals surface area contributed by atoms with Gasteiger partial charge in [0.15, 0.2) is 17.5 Å². The van der Waals surface area contributed by atoms with Gasteiger partial charge in [-0.3, -0.25) is 0 Å². The first-order valence-corrected chi connectivity index (χ1v) is 17.7. The van der Waals surface area contributed by atoms with Crippen LogP contribution in [0.25, 0.3) is 56.4 Å². The molecule has 0 amide bonds. The molecule has 1 spiro atoms. The fraction of sp³-hybridized carbons (Fsp3) is 0.0217. The van der Waals surface area contributed by atoms with Crippen LogP contribution in [-0.2, 0) is 5.41 Å². The Morgan fingerprint density at radius 2 is 0.740 bits per heavy atom. The second-order valence-corrected chi connectivity index (χ2v) is 13.8. The number of rotatable bonds is 4. The Morgan fingerprint density at radius 3 is 1.38 bits per heavy atom. The lowest BCUT2D eigenvalue weighted by atomic mass is 9.67. The summed E-state index contributed by atoms with van der Waals surface area (Å²) in [5.74, 6) is 1.97. The van der Waals surface area contributed by atoms with Gasteiger partial charge in [0.1, 0.15) is 0 Å². The SMILES string of the molecule is c1ccc(-c2ccc(-c3nc(-c4ccccc4)nc(-c4ccc5c(c4)Sc4ccccc4C54c5ccccc5-c5ccccc54)n3)cc2)cc1. The van der Waals surface area contributed by atoms with Crippen molar-refractivity contribution < 1.29 is 0 Å². The molecule has 1 aliphatic heterocycles. The summed E-state index contributed by atoms with van der Waals surface area (Å²) >= 11 is 1.83. The lowest BCUT2D eigenvalue weighted by Crippen LogP contribution is -2.31. The predicted molar refractivity (Wildman–Crippen MR) is 203 cm³/mol. The first kappa shape index (κ1) is 28.9. The summed E-state index contributed by atoms with van der Waals surface area (Å²) in [5.41, 5.74) is 12.7. The molecule has 0 fully saturated rings. The molecule has 1 aromatic heterocycles. The summed E-state index contributed by atoms with van der Waals surface area (Å²) in [4.78, 5) is 17.7. The van der Waals surface area contributed by atoms with Gasteiger partial charge in [0.05, 0.1) is 5.41 Å². The monoisotopic (exact) mass is 655 g/mol. The van der Waals surface area contributed by atoms with E-state index < -0.39 is 5.41 Å². The maximum Gasteiger partial charge on any atom is 0.164 e. The fourth-order valence-corrected chi connectivity index (χ4v) is 9.02. The van der Waals surface area contributed by atoms with Crippen LogP contribution in [0.15, 0.2) is 186 Å². The number of aromatic nitrogens is 3. The van der Waals surface area contributed by atoms with E-state index in [9.17, 15) is 0 Å². The number of benzene rings is 7. The number of hydrogen-bond acceptors (Lipinski definition) is 4. The third-order valence-electron chi connectivity index (χ3n) is 10.0. The number of nitrogens with zero attached hydrogens (tertiary/aromatic N) is 3. The smallest absolute Gasteiger partial charge is 0.164 e. The highest BCUT2D eigenvalue weighted by molar-refractivity contribution is 7.99. The van der Waals surface area contributed by atoms with Crippen LogP contribution < -0.4 is 0 Å². The Morgan fingerprint density at radius 1 is 0.320 bits per heavy atom. The van der Waals surface area contributed by atoms with Crippen LogP contribution in [0.3, 0.4) is 0 Å². The molecule has 7 aromatic carbocycles. The Kier molecular flexibility index (Phi) is 6.64. The summed E-state index contributed by atoms with van der Waals surface area (Å²) in [7, 11) is 0. The van der Waals surface area contributed by atoms with E-state index in [0.717, 1.165) is 22.3 Å². The molecule has 0 saturated carbocycles. The molecular weight excluding hydrogens is 627 g/mol. The molecule has 0 saturated heterocycles. The van der Waals surface area contributed by atoms with Crippen LogP contribution in [0, 0.1) is 0 Å². The minimum Gasteiger partial charge on any atom is -0.208 e. The molecule has 2 heterocycles. The van der Waals surface area contributed by atoms with Gasteiger partial charge >= 0.3 is 0 Å². The molecule has 0 N–H and O–H groups in total. The largest absolute Gasteiger partial charge is 0.208 e. The van der Waals surface area contributed by atoms with Crippen LogP contribution in [0.2, 0.25) is 0 Å². The normalized spacial score (nSPS) is 13.3. The van der Waals surface area contributed by atoms with Gasteiger partial charge in [0.25, 0.3) is 0 Å². The highest BCUT2D eigenvalue weighted by Gasteiger charge is 2.50. The second kappa shape index (κ2) is 11.5. The van der Waals surface area contributed by atoms with E-state index in [0.29, 0.717) is 17.5 Å². The van der Waals surface area contributed by atoms with Crippen molar-refractivity contribution in [2.75, 3.05) is 0 Å². The molecule has 50 heavy (non-hydrogen) atoms. The van der Waals surface area contributed by atoms with Crippen molar-refractivity contribution in [2.45, 2.75) is 15.2 Å². The number of hydrogen-bond donors (Lipinski definition) is 0. The third-order valence-corrected chi connectivity index (χ3v) is 11.2. The van der Waals surface area contributed by atoms with Gasteiger partial charge < -0.3 is 0 Å². The van der Waals surface area contributed by atoms with E-state index in [4.69, 9.17) is 15.0 Å². The van der Waals surface area contributed by atoms with Gasteiger partial charge in [-0.25, -0.2) is 15.0 Å². The van der Waals surface area contributed by atoms with Gasteiger partial charge in [-0.1, -0.05) is 176 Å². The van der Waals surface area contributed by atoms with Crippen molar-refractivity contribution >= 4 is 11.8 Å². The van der Waals surface area contributed by atoms with Gasteiger partial charge in [-0.05, 0) is 56.6 Å². The molecule has 10 rings (SSSR count). The van der Waals surface area contributed by atoms with Crippen LogP contribution in [0.4, 0.5) is 0 Å². The third kappa shape index (κ3) is 4.42. The van der Waals surface area contributed by atoms with Crippen molar-refractivity contribution in [3.63, 3.8) is 0 Å². The Bertz CT molecular complexity index is 2520. The summed E-state index contributed by atoms with van der Waals surface area (Å²) in [6.45, 7) is 0. The molecule has 2 aliphatic rings. The minimum absolute atomic E-state index is 0.414. The lowest BCUT2D eigenvalue weighted by molar-refractivity contribution is 0.722. The summed E-state index contributed by atoms with van der Waals surface area (Å²) in [6.07, 6.45) is 0. The first-order chi connectivity index (χ1) is 24.8. The van der Waals surface area contributed by atoms with Gasteiger partial charge in [0.2, 0.25) is 0 Å². The van der Waals surface area contributed by atoms with Crippen LogP contribution in [0.5, 0.6) is 0 Å². The molecule has 1 aliphatic carbocycles. The predicted octanol–water partition coefficient (Wildman–Crippen LogP) is 11.4. The maximum absolute atomic E-state index is 5.12. The van der Waals surface area contributed by atoms with E-state index >= 15 is 0 Å². The second-order valence-electron chi connectivity index (χ2n) is 12.8. The maximum atomic E-state index is 5.12. The molecule has 0 unspecified atom stereocenters. The molecule has 4 heteroatoms. The summed E-state index contributed by atoms with van der Waals surface area (Å²) in [5, 5.41) is 0. The van der Waals surface area contributed by atoms with Crippen LogP contribution >= 0.6 is 11.8 Å². The molecular formula is C46H29N3S. The topological polar surface area (TPSA) is 38.7 Å². The van der Waals surface area contributed by atoms with E-state index in [-0.39, 0.29) is 0 Å². The van der Waals surface area contributed by atoms with Crippen molar-refractivity contribution in [2.24, 2.45) is 0 Å². The van der Waals surface area contributed by atoms with Gasteiger partial charge in [-0.15, -0.1) is 0 Å². The molecule has 3 nitrogen and oxygen atoms in total. The standard InChI is InChI=1S/C46H29N3S/c1-3-13-30(14-4-1)31-23-25-33(26-24-31)44-47-43(32-15-5-2-6-16-32)48-45(49-44)34-27-28-40-42(29-34)50-41-22-12-11-21-39(41)46(40)37-19-9-7-17-35(37)36-18-8-10-20-38(36)46/h1-29H. The van der Waals surface area contributed by atoms with Crippen molar-refractivity contribution in [1.29, 1.82) is 0 Å². The minimum atomic E-state index is -0.414. The zero-order chi connectivity index (χ0) is 33.1. The lowest BCUT2D eigenvalue weighted by Gasteiger charge is -2.39. The number of fused-ring (bicyclic) bond motifs is 9. The molecule has 0 bridgehead atoms. The van der Waals surface area contributed by atoms with Crippen LogP contribution in [0.1, 0.15) is 22.3 Å². The molecule has 8 aromatic rings. The average Bonchev–Trinajstić information content (AvgIpc) is 3.49. The molecule has 0 radical (unpaired) electrons. The highest BCUT2D eigenvalue weighted by atomic mass is 32.2. The van der Waals surface area contributed by atoms with Crippen molar-refractivity contribution in [3.05, 3.63) is 198 Å². The van der Waals surface area contributed by atoms with E-state index in [1.54, 1.807) is 0 Å². The Hall–Kier alpha value is -6.10. The summed E-state index contributed by atoms with van der Waals surface area (Å²) in [6, 6.07) is 62.6. The van der Waals surface area contributed by atoms with E-state index in [1.807, 2.05) is 36.0 Å². The van der Waals surface area contributed by atoms with Gasteiger partial charge in [-0.2, -0.15) is 0 Å². The quantitative estimate of drug-likeness (QED) is 0.189. The average molecular weight is 656 g/mol. The zero-order valence-electron chi connectivity index (χ0n) is 27.0. The van der Waals surface area contributed by atoms with E-state index in [2.05, 4.69) is 152 Å². The fourth-order valence-electron chi connectivity index (χ4n) is 7.79. The van der Waals surface area contributed by atoms with Crippen LogP contribution in [-0.4, -0.2) is 15.0 Å². The van der Waals surface area contributed by atoms with Gasteiger partial charge in [0, 0.05) is 26.5 Å². The molecule has 234 valence electrons. The highest BCUT2D eigenvalue weighted by Crippen LogP contribution is 2.62. The van der Waals surface area contributed by atoms with E-state index in [1.165, 1.54) is 48.7 Å². The first-order valence-electron chi connectivity index (χ1n) is 16.9. The molecule has 0 atom stereocenters. The summed E-state index contributed by atoms with van der Waals surface area (Å²) < 4.78 is 0.